The zero-order valence-corrected chi connectivity index (χ0v) is 13.4. The van der Waals surface area contributed by atoms with Gasteiger partial charge in [-0.05, 0) is 45.1 Å². The second-order valence-electron chi connectivity index (χ2n) is 5.94. The molecule has 20 heavy (non-hydrogen) atoms. The van der Waals surface area contributed by atoms with Gasteiger partial charge in [-0.1, -0.05) is 13.8 Å². The van der Waals surface area contributed by atoms with Gasteiger partial charge >= 0.3 is 0 Å². The summed E-state index contributed by atoms with van der Waals surface area (Å²) in [7, 11) is 1.81. The molecule has 1 aliphatic heterocycles. The van der Waals surface area contributed by atoms with E-state index in [1.807, 2.05) is 7.11 Å². The number of fused-ring (bicyclic) bond motifs is 1. The number of aryl methyl sites for hydroxylation is 2. The lowest BCUT2D eigenvalue weighted by Gasteiger charge is -2.31. The van der Waals surface area contributed by atoms with Crippen LogP contribution in [0, 0.1) is 0 Å². The average molecular weight is 279 g/mol. The maximum atomic E-state index is 5.72. The molecule has 1 unspecified atom stereocenters. The van der Waals surface area contributed by atoms with Gasteiger partial charge in [0, 0.05) is 31.9 Å². The van der Waals surface area contributed by atoms with E-state index in [1.54, 1.807) is 0 Å². The normalized spacial score (nSPS) is 17.0. The minimum absolute atomic E-state index is 0.0480. The Morgan fingerprint density at radius 2 is 2.15 bits per heavy atom. The zero-order valence-electron chi connectivity index (χ0n) is 13.4. The lowest BCUT2D eigenvalue weighted by Crippen LogP contribution is -2.42. The lowest BCUT2D eigenvalue weighted by molar-refractivity contribution is -0.0173. The Morgan fingerprint density at radius 3 is 2.75 bits per heavy atom. The van der Waals surface area contributed by atoms with Crippen molar-refractivity contribution >= 4 is 0 Å². The van der Waals surface area contributed by atoms with Crippen molar-refractivity contribution in [1.82, 2.24) is 15.1 Å². The molecule has 0 fully saturated rings. The minimum Gasteiger partial charge on any atom is -0.377 e. The number of hydrogen-bond acceptors (Lipinski definition) is 3. The van der Waals surface area contributed by atoms with E-state index in [9.17, 15) is 0 Å². The zero-order chi connectivity index (χ0) is 14.6. The summed E-state index contributed by atoms with van der Waals surface area (Å²) in [6.45, 7) is 8.53. The van der Waals surface area contributed by atoms with Crippen molar-refractivity contribution in [2.45, 2.75) is 71.1 Å². The third-order valence-electron chi connectivity index (χ3n) is 4.83. The molecule has 0 spiro atoms. The Bertz CT molecular complexity index is 392. The van der Waals surface area contributed by atoms with Crippen LogP contribution in [0.25, 0.3) is 0 Å². The number of nitrogens with one attached hydrogen (secondary N) is 1. The van der Waals surface area contributed by atoms with Crippen LogP contribution in [-0.4, -0.2) is 29.0 Å². The van der Waals surface area contributed by atoms with Gasteiger partial charge in [0.2, 0.25) is 0 Å². The molecule has 1 aliphatic rings. The molecule has 0 bridgehead atoms. The molecular weight excluding hydrogens is 250 g/mol. The van der Waals surface area contributed by atoms with Gasteiger partial charge < -0.3 is 10.1 Å². The van der Waals surface area contributed by atoms with Gasteiger partial charge in [-0.15, -0.1) is 0 Å². The number of hydrogen-bond donors (Lipinski definition) is 1. The summed E-state index contributed by atoms with van der Waals surface area (Å²) in [5, 5.41) is 8.34. The molecule has 0 amide bonds. The van der Waals surface area contributed by atoms with E-state index in [2.05, 4.69) is 36.8 Å². The fraction of sp³-hybridized carbons (Fsp3) is 0.812. The molecule has 2 rings (SSSR count). The number of ether oxygens (including phenoxy) is 1. The van der Waals surface area contributed by atoms with Crippen LogP contribution in [0.5, 0.6) is 0 Å². The molecule has 0 radical (unpaired) electrons. The standard InChI is InChI=1S/C16H29N3O/c1-5-16(6-2,20-4)12-17-13(3)15-11-14-9-7-8-10-19(14)18-15/h11,13,17H,5-10,12H2,1-4H3. The summed E-state index contributed by atoms with van der Waals surface area (Å²) in [6, 6.07) is 2.55. The van der Waals surface area contributed by atoms with E-state index >= 15 is 0 Å². The highest BCUT2D eigenvalue weighted by Crippen LogP contribution is 2.22. The molecule has 114 valence electrons. The van der Waals surface area contributed by atoms with Crippen LogP contribution in [0.1, 0.15) is 63.9 Å². The first-order valence-corrected chi connectivity index (χ1v) is 7.99. The predicted octanol–water partition coefficient (Wildman–Crippen LogP) is 3.08. The molecule has 1 aromatic heterocycles. The molecule has 0 saturated carbocycles. The fourth-order valence-electron chi connectivity index (χ4n) is 2.96. The van der Waals surface area contributed by atoms with Crippen LogP contribution in [0.3, 0.4) is 0 Å². The van der Waals surface area contributed by atoms with Crippen LogP contribution in [-0.2, 0) is 17.7 Å². The summed E-state index contributed by atoms with van der Waals surface area (Å²) >= 11 is 0. The van der Waals surface area contributed by atoms with E-state index in [0.717, 1.165) is 25.9 Å². The van der Waals surface area contributed by atoms with E-state index in [0.29, 0.717) is 0 Å². The first-order chi connectivity index (χ1) is 9.64. The Balaban J connectivity index is 1.97. The van der Waals surface area contributed by atoms with E-state index in [-0.39, 0.29) is 11.6 Å². The Hall–Kier alpha value is -0.870. The van der Waals surface area contributed by atoms with Crippen molar-refractivity contribution in [3.05, 3.63) is 17.5 Å². The summed E-state index contributed by atoms with van der Waals surface area (Å²) in [5.41, 5.74) is 2.51. The van der Waals surface area contributed by atoms with Crippen LogP contribution < -0.4 is 5.32 Å². The highest BCUT2D eigenvalue weighted by molar-refractivity contribution is 5.15. The summed E-state index contributed by atoms with van der Waals surface area (Å²) in [4.78, 5) is 0. The van der Waals surface area contributed by atoms with Gasteiger partial charge in [0.1, 0.15) is 0 Å². The highest BCUT2D eigenvalue weighted by atomic mass is 16.5. The van der Waals surface area contributed by atoms with Crippen LogP contribution in [0.15, 0.2) is 6.07 Å². The van der Waals surface area contributed by atoms with Crippen molar-refractivity contribution in [3.63, 3.8) is 0 Å². The summed E-state index contributed by atoms with van der Waals surface area (Å²) in [5.74, 6) is 0. The Labute approximate surface area is 122 Å². The number of rotatable bonds is 7. The molecule has 0 aliphatic carbocycles. The Morgan fingerprint density at radius 1 is 1.40 bits per heavy atom. The number of nitrogens with zero attached hydrogens (tertiary/aromatic N) is 2. The van der Waals surface area contributed by atoms with Crippen LogP contribution in [0.2, 0.25) is 0 Å². The Kier molecular flexibility index (Phi) is 5.22. The quantitative estimate of drug-likeness (QED) is 0.833. The maximum Gasteiger partial charge on any atom is 0.0797 e. The van der Waals surface area contributed by atoms with E-state index in [1.165, 1.54) is 30.7 Å². The second-order valence-corrected chi connectivity index (χ2v) is 5.94. The van der Waals surface area contributed by atoms with E-state index < -0.39 is 0 Å². The SMILES string of the molecule is CCC(CC)(CNC(C)c1cc2n(n1)CCCC2)OC. The number of aromatic nitrogens is 2. The molecule has 0 aromatic carbocycles. The van der Waals surface area contributed by atoms with Crippen molar-refractivity contribution in [3.8, 4) is 0 Å². The van der Waals surface area contributed by atoms with Gasteiger partial charge in [0.05, 0.1) is 11.3 Å². The highest BCUT2D eigenvalue weighted by Gasteiger charge is 2.26. The molecule has 2 heterocycles. The van der Waals surface area contributed by atoms with Gasteiger partial charge in [0.15, 0.2) is 0 Å². The number of methoxy groups -OCH3 is 1. The fourth-order valence-corrected chi connectivity index (χ4v) is 2.96. The molecule has 1 N–H and O–H groups in total. The third-order valence-corrected chi connectivity index (χ3v) is 4.83. The van der Waals surface area contributed by atoms with E-state index in [4.69, 9.17) is 9.84 Å². The maximum absolute atomic E-state index is 5.72. The molecular formula is C16H29N3O. The monoisotopic (exact) mass is 279 g/mol. The topological polar surface area (TPSA) is 39.1 Å². The van der Waals surface area contributed by atoms with Crippen molar-refractivity contribution in [1.29, 1.82) is 0 Å². The largest absolute Gasteiger partial charge is 0.377 e. The van der Waals surface area contributed by atoms with Gasteiger partial charge in [0.25, 0.3) is 0 Å². The minimum atomic E-state index is -0.0480. The summed E-state index contributed by atoms with van der Waals surface area (Å²) in [6.07, 6.45) is 5.78. The van der Waals surface area contributed by atoms with Crippen molar-refractivity contribution in [2.24, 2.45) is 0 Å². The second kappa shape index (κ2) is 6.72. The molecule has 1 aromatic rings. The predicted molar refractivity (Wildman–Crippen MR) is 81.9 cm³/mol. The summed E-state index contributed by atoms with van der Waals surface area (Å²) < 4.78 is 7.90. The van der Waals surface area contributed by atoms with Crippen molar-refractivity contribution in [2.75, 3.05) is 13.7 Å². The average Bonchev–Trinajstić information content (AvgIpc) is 2.93. The first kappa shape index (κ1) is 15.5. The first-order valence-electron chi connectivity index (χ1n) is 7.99. The van der Waals surface area contributed by atoms with Gasteiger partial charge in [-0.3, -0.25) is 4.68 Å². The van der Waals surface area contributed by atoms with Gasteiger partial charge in [-0.2, -0.15) is 5.10 Å². The molecule has 4 heteroatoms. The third kappa shape index (κ3) is 3.23. The van der Waals surface area contributed by atoms with Crippen molar-refractivity contribution < 1.29 is 4.74 Å². The van der Waals surface area contributed by atoms with Gasteiger partial charge in [-0.25, -0.2) is 0 Å². The van der Waals surface area contributed by atoms with Crippen LogP contribution in [0.4, 0.5) is 0 Å². The molecule has 1 atom stereocenters. The molecule has 0 saturated heterocycles. The molecule has 4 nitrogen and oxygen atoms in total. The van der Waals surface area contributed by atoms with Crippen LogP contribution >= 0.6 is 0 Å². The lowest BCUT2D eigenvalue weighted by atomic mass is 9.96. The smallest absolute Gasteiger partial charge is 0.0797 e.